The van der Waals surface area contributed by atoms with Gasteiger partial charge >= 0.3 is 0 Å². The molecule has 0 atom stereocenters. The van der Waals surface area contributed by atoms with E-state index in [0.29, 0.717) is 22.5 Å². The van der Waals surface area contributed by atoms with Gasteiger partial charge in [-0.25, -0.2) is 4.39 Å². The molecule has 0 bridgehead atoms. The van der Waals surface area contributed by atoms with Gasteiger partial charge in [0.2, 0.25) is 4.96 Å². The van der Waals surface area contributed by atoms with Crippen molar-refractivity contribution in [1.29, 1.82) is 0 Å². The number of nitrogens with zero attached hydrogens (tertiary/aromatic N) is 3. The molecule has 0 N–H and O–H groups in total. The molecule has 2 heterocycles. The lowest BCUT2D eigenvalue weighted by Gasteiger charge is -2.05. The standard InChI is InChI=1S/C22H16FN3O3S/c1-2-11-29-18-6-4-3-5-15(18)13-19-21(28)26-22(30-19)24-20(27)17(25-26)12-14-7-9-16(23)10-8-14/h2-10,13H,1,11-12H2/b19-13-. The van der Waals surface area contributed by atoms with Crippen molar-refractivity contribution >= 4 is 22.4 Å². The predicted octanol–water partition coefficient (Wildman–Crippen LogP) is 2.35. The van der Waals surface area contributed by atoms with Gasteiger partial charge in [0, 0.05) is 12.0 Å². The van der Waals surface area contributed by atoms with Gasteiger partial charge < -0.3 is 4.74 Å². The molecule has 4 aromatic rings. The quantitative estimate of drug-likeness (QED) is 0.447. The Morgan fingerprint density at radius 2 is 1.90 bits per heavy atom. The van der Waals surface area contributed by atoms with Crippen molar-refractivity contribution < 1.29 is 9.13 Å². The molecule has 0 radical (unpaired) electrons. The number of ether oxygens (including phenoxy) is 1. The van der Waals surface area contributed by atoms with Crippen LogP contribution in [0.2, 0.25) is 0 Å². The molecule has 8 heteroatoms. The van der Waals surface area contributed by atoms with Gasteiger partial charge in [0.1, 0.15) is 23.9 Å². The summed E-state index contributed by atoms with van der Waals surface area (Å²) in [6, 6.07) is 13.0. The first-order valence-electron chi connectivity index (χ1n) is 9.07. The Balaban J connectivity index is 1.77. The molecule has 0 unspecified atom stereocenters. The number of hydrogen-bond donors (Lipinski definition) is 0. The summed E-state index contributed by atoms with van der Waals surface area (Å²) in [7, 11) is 0. The van der Waals surface area contributed by atoms with Crippen LogP contribution in [0.3, 0.4) is 0 Å². The molecule has 4 rings (SSSR count). The number of para-hydroxylation sites is 1. The van der Waals surface area contributed by atoms with E-state index in [1.807, 2.05) is 18.2 Å². The van der Waals surface area contributed by atoms with Crippen molar-refractivity contribution in [2.75, 3.05) is 6.61 Å². The van der Waals surface area contributed by atoms with E-state index >= 15 is 0 Å². The van der Waals surface area contributed by atoms with Crippen molar-refractivity contribution in [3.8, 4) is 5.75 Å². The van der Waals surface area contributed by atoms with Gasteiger partial charge in [0.15, 0.2) is 0 Å². The second kappa shape index (κ2) is 8.38. The van der Waals surface area contributed by atoms with Crippen LogP contribution >= 0.6 is 11.3 Å². The summed E-state index contributed by atoms with van der Waals surface area (Å²) in [5.41, 5.74) is 0.654. The molecular formula is C22H16FN3O3S. The van der Waals surface area contributed by atoms with Crippen molar-refractivity contribution in [2.45, 2.75) is 6.42 Å². The van der Waals surface area contributed by atoms with Gasteiger partial charge in [-0.2, -0.15) is 14.6 Å². The Hall–Kier alpha value is -3.65. The molecule has 0 aliphatic heterocycles. The fourth-order valence-corrected chi connectivity index (χ4v) is 3.76. The van der Waals surface area contributed by atoms with Gasteiger partial charge in [-0.05, 0) is 29.8 Å². The van der Waals surface area contributed by atoms with Crippen LogP contribution in [-0.4, -0.2) is 21.2 Å². The lowest BCUT2D eigenvalue weighted by molar-refractivity contribution is 0.362. The average Bonchev–Trinajstić information content (AvgIpc) is 3.04. The van der Waals surface area contributed by atoms with Crippen molar-refractivity contribution in [3.05, 3.63) is 109 Å². The van der Waals surface area contributed by atoms with E-state index in [1.165, 1.54) is 12.1 Å². The Kier molecular flexibility index (Phi) is 5.49. The molecule has 0 spiro atoms. The third-order valence-corrected chi connectivity index (χ3v) is 5.26. The summed E-state index contributed by atoms with van der Waals surface area (Å²) >= 11 is 1.08. The number of aromatic nitrogens is 3. The number of rotatable bonds is 6. The van der Waals surface area contributed by atoms with Crippen LogP contribution in [0, 0.1) is 5.82 Å². The maximum Gasteiger partial charge on any atom is 0.296 e. The molecule has 0 saturated heterocycles. The topological polar surface area (TPSA) is 73.6 Å². The van der Waals surface area contributed by atoms with Crippen LogP contribution in [0.1, 0.15) is 16.8 Å². The SMILES string of the molecule is C=CCOc1ccccc1/C=c1\sc2nc(=O)c(Cc3ccc(F)cc3)nn2c1=O. The van der Waals surface area contributed by atoms with E-state index in [9.17, 15) is 14.0 Å². The number of hydrogen-bond acceptors (Lipinski definition) is 6. The van der Waals surface area contributed by atoms with Gasteiger partial charge in [0.05, 0.1) is 4.53 Å². The van der Waals surface area contributed by atoms with Crippen molar-refractivity contribution in [1.82, 2.24) is 14.6 Å². The van der Waals surface area contributed by atoms with E-state index in [1.54, 1.807) is 30.4 Å². The Morgan fingerprint density at radius 1 is 1.13 bits per heavy atom. The molecule has 0 aliphatic rings. The molecule has 30 heavy (non-hydrogen) atoms. The predicted molar refractivity (Wildman–Crippen MR) is 114 cm³/mol. The summed E-state index contributed by atoms with van der Waals surface area (Å²) in [4.78, 5) is 29.4. The summed E-state index contributed by atoms with van der Waals surface area (Å²) in [6.45, 7) is 3.97. The third kappa shape index (κ3) is 4.04. The fraction of sp³-hybridized carbons (Fsp3) is 0.0909. The largest absolute Gasteiger partial charge is 0.489 e. The number of thiazole rings is 1. The van der Waals surface area contributed by atoms with Crippen LogP contribution in [0.5, 0.6) is 5.75 Å². The highest BCUT2D eigenvalue weighted by atomic mass is 32.1. The van der Waals surface area contributed by atoms with E-state index < -0.39 is 5.56 Å². The molecule has 0 saturated carbocycles. The van der Waals surface area contributed by atoms with Crippen LogP contribution in [-0.2, 0) is 6.42 Å². The summed E-state index contributed by atoms with van der Waals surface area (Å²) in [5, 5.41) is 4.21. The summed E-state index contributed by atoms with van der Waals surface area (Å²) in [5.74, 6) is 0.246. The minimum atomic E-state index is -0.512. The maximum atomic E-state index is 13.1. The second-order valence-corrected chi connectivity index (χ2v) is 7.42. The molecule has 6 nitrogen and oxygen atoms in total. The van der Waals surface area contributed by atoms with Crippen LogP contribution < -0.4 is 20.4 Å². The average molecular weight is 421 g/mol. The number of halogens is 1. The number of fused-ring (bicyclic) bond motifs is 1. The highest BCUT2D eigenvalue weighted by Gasteiger charge is 2.12. The van der Waals surface area contributed by atoms with Gasteiger partial charge in [-0.3, -0.25) is 9.59 Å². The van der Waals surface area contributed by atoms with Crippen LogP contribution in [0.4, 0.5) is 4.39 Å². The van der Waals surface area contributed by atoms with Crippen LogP contribution in [0.25, 0.3) is 11.0 Å². The zero-order chi connectivity index (χ0) is 21.1. The Labute approximate surface area is 174 Å². The van der Waals surface area contributed by atoms with E-state index in [-0.39, 0.29) is 28.5 Å². The van der Waals surface area contributed by atoms with Gasteiger partial charge in [-0.1, -0.05) is 54.3 Å². The van der Waals surface area contributed by atoms with E-state index in [0.717, 1.165) is 21.4 Å². The monoisotopic (exact) mass is 421 g/mol. The first-order valence-corrected chi connectivity index (χ1v) is 9.88. The highest BCUT2D eigenvalue weighted by Crippen LogP contribution is 2.18. The Bertz CT molecular complexity index is 1390. The molecular weight excluding hydrogens is 405 g/mol. The molecule has 0 amide bonds. The van der Waals surface area contributed by atoms with Gasteiger partial charge in [-0.15, -0.1) is 0 Å². The first-order chi connectivity index (χ1) is 14.5. The highest BCUT2D eigenvalue weighted by molar-refractivity contribution is 7.15. The minimum absolute atomic E-state index is 0.121. The van der Waals surface area contributed by atoms with Crippen molar-refractivity contribution in [3.63, 3.8) is 0 Å². The van der Waals surface area contributed by atoms with E-state index in [4.69, 9.17) is 4.74 Å². The normalized spacial score (nSPS) is 11.7. The molecule has 0 aliphatic carbocycles. The van der Waals surface area contributed by atoms with Gasteiger partial charge in [0.25, 0.3) is 11.1 Å². The maximum absolute atomic E-state index is 13.1. The second-order valence-electron chi connectivity index (χ2n) is 6.41. The van der Waals surface area contributed by atoms with Crippen molar-refractivity contribution in [2.24, 2.45) is 0 Å². The zero-order valence-electron chi connectivity index (χ0n) is 15.7. The Morgan fingerprint density at radius 3 is 2.67 bits per heavy atom. The summed E-state index contributed by atoms with van der Waals surface area (Å²) in [6.07, 6.45) is 3.48. The first kappa shape index (κ1) is 19.7. The minimum Gasteiger partial charge on any atom is -0.489 e. The zero-order valence-corrected chi connectivity index (χ0v) is 16.6. The van der Waals surface area contributed by atoms with E-state index in [2.05, 4.69) is 16.7 Å². The summed E-state index contributed by atoms with van der Waals surface area (Å²) < 4.78 is 20.2. The lowest BCUT2D eigenvalue weighted by Crippen LogP contribution is -2.28. The molecule has 2 aromatic carbocycles. The molecule has 0 fully saturated rings. The third-order valence-electron chi connectivity index (χ3n) is 4.30. The number of benzene rings is 2. The fourth-order valence-electron chi connectivity index (χ4n) is 2.87. The molecule has 150 valence electrons. The lowest BCUT2D eigenvalue weighted by atomic mass is 10.1. The van der Waals surface area contributed by atoms with Crippen LogP contribution in [0.15, 0.2) is 70.8 Å². The molecule has 2 aromatic heterocycles. The smallest absolute Gasteiger partial charge is 0.296 e.